The number of nitrogens with one attached hydrogen (secondary N) is 2. The zero-order valence-electron chi connectivity index (χ0n) is 13.6. The molecule has 3 N–H and O–H groups in total. The predicted octanol–water partition coefficient (Wildman–Crippen LogP) is 2.76. The highest BCUT2D eigenvalue weighted by molar-refractivity contribution is 5.80. The van der Waals surface area contributed by atoms with Crippen LogP contribution in [0.25, 0.3) is 0 Å². The fraction of sp³-hybridized carbons (Fsp3) is 0.875. The van der Waals surface area contributed by atoms with Crippen LogP contribution in [0.4, 0.5) is 4.79 Å². The van der Waals surface area contributed by atoms with Crippen molar-refractivity contribution in [1.82, 2.24) is 10.6 Å². The van der Waals surface area contributed by atoms with Crippen LogP contribution in [-0.2, 0) is 4.79 Å². The maximum atomic E-state index is 12.0. The number of hydrogen-bond donors (Lipinski definition) is 3. The van der Waals surface area contributed by atoms with Crippen molar-refractivity contribution in [2.24, 2.45) is 16.2 Å². The molecule has 5 nitrogen and oxygen atoms in total. The van der Waals surface area contributed by atoms with E-state index in [4.69, 9.17) is 5.11 Å². The fourth-order valence-corrected chi connectivity index (χ4v) is 4.05. The van der Waals surface area contributed by atoms with Gasteiger partial charge in [0.2, 0.25) is 0 Å². The number of carbonyl (C=O) groups is 2. The smallest absolute Gasteiger partial charge is 0.315 e. The van der Waals surface area contributed by atoms with E-state index < -0.39 is 11.4 Å². The van der Waals surface area contributed by atoms with Crippen LogP contribution in [0, 0.1) is 16.2 Å². The molecular formula is C16H28N2O3. The Bertz CT molecular complexity index is 423. The Balaban J connectivity index is 1.84. The first-order chi connectivity index (χ1) is 9.54. The normalized spacial score (nSPS) is 25.9. The summed E-state index contributed by atoms with van der Waals surface area (Å²) in [5.74, 6) is -0.803. The van der Waals surface area contributed by atoms with Gasteiger partial charge >= 0.3 is 12.0 Å². The molecule has 2 aliphatic rings. The third-order valence-corrected chi connectivity index (χ3v) is 4.78. The number of carboxylic acid groups (broad SMARTS) is 1. The van der Waals surface area contributed by atoms with Crippen LogP contribution in [0.5, 0.6) is 0 Å². The minimum atomic E-state index is -0.803. The maximum Gasteiger partial charge on any atom is 0.315 e. The van der Waals surface area contributed by atoms with Crippen LogP contribution < -0.4 is 10.6 Å². The van der Waals surface area contributed by atoms with Crippen molar-refractivity contribution in [1.29, 1.82) is 0 Å². The summed E-state index contributed by atoms with van der Waals surface area (Å²) in [7, 11) is 0. The zero-order chi connectivity index (χ0) is 15.9. The molecule has 0 aromatic rings. The Morgan fingerprint density at radius 1 is 1.10 bits per heavy atom. The molecule has 21 heavy (non-hydrogen) atoms. The molecule has 0 spiro atoms. The number of carboxylic acids is 1. The van der Waals surface area contributed by atoms with E-state index >= 15 is 0 Å². The van der Waals surface area contributed by atoms with Crippen LogP contribution in [0.2, 0.25) is 0 Å². The van der Waals surface area contributed by atoms with Crippen molar-refractivity contribution in [3.63, 3.8) is 0 Å². The highest BCUT2D eigenvalue weighted by Crippen LogP contribution is 2.46. The summed E-state index contributed by atoms with van der Waals surface area (Å²) in [5.41, 5.74) is -0.264. The molecule has 0 radical (unpaired) electrons. The summed E-state index contributed by atoms with van der Waals surface area (Å²) in [4.78, 5) is 23.1. The van der Waals surface area contributed by atoms with E-state index in [1.54, 1.807) is 0 Å². The Hall–Kier alpha value is -1.26. The molecule has 2 fully saturated rings. The zero-order valence-corrected chi connectivity index (χ0v) is 13.6. The van der Waals surface area contributed by atoms with Crippen molar-refractivity contribution in [2.45, 2.75) is 65.8 Å². The van der Waals surface area contributed by atoms with Crippen molar-refractivity contribution in [3.05, 3.63) is 0 Å². The minimum Gasteiger partial charge on any atom is -0.481 e. The lowest BCUT2D eigenvalue weighted by Crippen LogP contribution is -2.50. The van der Waals surface area contributed by atoms with E-state index in [9.17, 15) is 9.59 Å². The van der Waals surface area contributed by atoms with Gasteiger partial charge in [0.25, 0.3) is 0 Å². The molecule has 0 aromatic heterocycles. The average molecular weight is 296 g/mol. The molecule has 2 rings (SSSR count). The molecule has 0 bridgehead atoms. The molecule has 0 aromatic carbocycles. The standard InChI is InChI=1S/C16H28N2O3/c1-14(2)7-11(8-15(3,4)9-14)18-13(21)17-10-16(5-6-16)12(19)20/h11H,5-10H2,1-4H3,(H,19,20)(H2,17,18,21). The van der Waals surface area contributed by atoms with Gasteiger partial charge in [-0.2, -0.15) is 0 Å². The summed E-state index contributed by atoms with van der Waals surface area (Å²) in [6.07, 6.45) is 4.40. The highest BCUT2D eigenvalue weighted by atomic mass is 16.4. The number of urea groups is 1. The van der Waals surface area contributed by atoms with Crippen LogP contribution in [-0.4, -0.2) is 29.7 Å². The lowest BCUT2D eigenvalue weighted by molar-refractivity contribution is -0.143. The minimum absolute atomic E-state index is 0.156. The van der Waals surface area contributed by atoms with Gasteiger partial charge in [-0.05, 0) is 42.9 Å². The number of rotatable bonds is 4. The molecule has 120 valence electrons. The molecule has 5 heteroatoms. The summed E-state index contributed by atoms with van der Waals surface area (Å²) >= 11 is 0. The first-order valence-electron chi connectivity index (χ1n) is 7.82. The second kappa shape index (κ2) is 5.18. The molecule has 0 aliphatic heterocycles. The van der Waals surface area contributed by atoms with Gasteiger partial charge < -0.3 is 15.7 Å². The molecule has 0 saturated heterocycles. The molecule has 2 saturated carbocycles. The third-order valence-electron chi connectivity index (χ3n) is 4.78. The summed E-state index contributed by atoms with van der Waals surface area (Å²) in [6, 6.07) is -0.0789. The van der Waals surface area contributed by atoms with Gasteiger partial charge in [-0.25, -0.2) is 4.79 Å². The van der Waals surface area contributed by atoms with E-state index in [-0.39, 0.29) is 29.4 Å². The molecule has 0 heterocycles. The van der Waals surface area contributed by atoms with Crippen molar-refractivity contribution in [2.75, 3.05) is 6.54 Å². The van der Waals surface area contributed by atoms with Gasteiger partial charge in [-0.15, -0.1) is 0 Å². The SMILES string of the molecule is CC1(C)CC(NC(=O)NCC2(C(=O)O)CC2)CC(C)(C)C1. The van der Waals surface area contributed by atoms with Gasteiger partial charge in [0.15, 0.2) is 0 Å². The lowest BCUT2D eigenvalue weighted by Gasteiger charge is -2.45. The van der Waals surface area contributed by atoms with E-state index in [1.165, 1.54) is 0 Å². The summed E-state index contributed by atoms with van der Waals surface area (Å²) in [6.45, 7) is 9.19. The monoisotopic (exact) mass is 296 g/mol. The van der Waals surface area contributed by atoms with E-state index in [0.717, 1.165) is 19.3 Å². The second-order valence-electron chi connectivity index (χ2n) is 8.52. The van der Waals surface area contributed by atoms with Crippen LogP contribution >= 0.6 is 0 Å². The second-order valence-corrected chi connectivity index (χ2v) is 8.52. The first-order valence-corrected chi connectivity index (χ1v) is 7.82. The van der Waals surface area contributed by atoms with Gasteiger partial charge in [0, 0.05) is 12.6 Å². The van der Waals surface area contributed by atoms with Gasteiger partial charge in [-0.1, -0.05) is 27.7 Å². The molecule has 2 aliphatic carbocycles. The molecule has 0 unspecified atom stereocenters. The van der Waals surface area contributed by atoms with Gasteiger partial charge in [0.1, 0.15) is 0 Å². The highest BCUT2D eigenvalue weighted by Gasteiger charge is 2.50. The summed E-state index contributed by atoms with van der Waals surface area (Å²) < 4.78 is 0. The van der Waals surface area contributed by atoms with Crippen molar-refractivity contribution < 1.29 is 14.7 Å². The van der Waals surface area contributed by atoms with Crippen molar-refractivity contribution >= 4 is 12.0 Å². The summed E-state index contributed by atoms with van der Waals surface area (Å²) in [5, 5.41) is 14.9. The fourth-order valence-electron chi connectivity index (χ4n) is 4.05. The topological polar surface area (TPSA) is 78.4 Å². The van der Waals surface area contributed by atoms with Crippen LogP contribution in [0.3, 0.4) is 0 Å². The van der Waals surface area contributed by atoms with Crippen molar-refractivity contribution in [3.8, 4) is 0 Å². The predicted molar refractivity (Wildman–Crippen MR) is 81.0 cm³/mol. The largest absolute Gasteiger partial charge is 0.481 e. The van der Waals surface area contributed by atoms with Crippen LogP contribution in [0.1, 0.15) is 59.8 Å². The van der Waals surface area contributed by atoms with E-state index in [0.29, 0.717) is 12.8 Å². The Kier molecular flexibility index (Phi) is 3.98. The molecule has 0 atom stereocenters. The first kappa shape index (κ1) is 16.1. The lowest BCUT2D eigenvalue weighted by atomic mass is 9.63. The van der Waals surface area contributed by atoms with Gasteiger partial charge in [0.05, 0.1) is 5.41 Å². The quantitative estimate of drug-likeness (QED) is 0.746. The van der Waals surface area contributed by atoms with Gasteiger partial charge in [-0.3, -0.25) is 4.79 Å². The number of aliphatic carboxylic acids is 1. The number of amides is 2. The average Bonchev–Trinajstić information content (AvgIpc) is 3.02. The van der Waals surface area contributed by atoms with E-state index in [2.05, 4.69) is 38.3 Å². The Labute approximate surface area is 126 Å². The number of hydrogen-bond acceptors (Lipinski definition) is 2. The molecular weight excluding hydrogens is 268 g/mol. The maximum absolute atomic E-state index is 12.0. The van der Waals surface area contributed by atoms with Crippen LogP contribution in [0.15, 0.2) is 0 Å². The third kappa shape index (κ3) is 4.11. The van der Waals surface area contributed by atoms with E-state index in [1.807, 2.05) is 0 Å². The Morgan fingerprint density at radius 2 is 1.62 bits per heavy atom. The number of carbonyl (C=O) groups excluding carboxylic acids is 1. The molecule has 2 amide bonds. The Morgan fingerprint density at radius 3 is 2.05 bits per heavy atom.